The van der Waals surface area contributed by atoms with E-state index in [2.05, 4.69) is 35.6 Å². The van der Waals surface area contributed by atoms with Crippen molar-refractivity contribution in [1.29, 1.82) is 0 Å². The molecule has 10 heteroatoms. The van der Waals surface area contributed by atoms with Crippen LogP contribution in [0.15, 0.2) is 46.3 Å². The van der Waals surface area contributed by atoms with Gasteiger partial charge in [-0.1, -0.05) is 23.7 Å². The van der Waals surface area contributed by atoms with Gasteiger partial charge in [-0.2, -0.15) is 0 Å². The summed E-state index contributed by atoms with van der Waals surface area (Å²) in [5, 5.41) is 2.30. The van der Waals surface area contributed by atoms with Gasteiger partial charge in [0, 0.05) is 61.7 Å². The van der Waals surface area contributed by atoms with E-state index in [4.69, 9.17) is 11.6 Å². The Balaban J connectivity index is 1.39. The number of carbonyl (C=O) groups excluding carboxylic acids is 1. The SMILES string of the molecule is CN=c1sc(CN(C)C)c(C2CCN(C(=O)CCS(=O)(=O)c3ccc4cc(Cl)ccc4c3)CC2)n1C. The molecule has 194 valence electrons. The fourth-order valence-electron chi connectivity index (χ4n) is 4.91. The maximum absolute atomic E-state index is 12.9. The fourth-order valence-corrected chi connectivity index (χ4v) is 7.63. The van der Waals surface area contributed by atoms with Crippen molar-refractivity contribution in [3.8, 4) is 0 Å². The number of hydrogen-bond acceptors (Lipinski definition) is 6. The number of sulfone groups is 1. The number of piperidine rings is 1. The van der Waals surface area contributed by atoms with Crippen LogP contribution in [0, 0.1) is 0 Å². The van der Waals surface area contributed by atoms with Gasteiger partial charge in [-0.15, -0.1) is 11.3 Å². The highest BCUT2D eigenvalue weighted by Gasteiger charge is 2.29. The molecule has 4 rings (SSSR count). The zero-order valence-corrected chi connectivity index (χ0v) is 23.6. The van der Waals surface area contributed by atoms with Gasteiger partial charge in [-0.25, -0.2) is 8.42 Å². The minimum Gasteiger partial charge on any atom is -0.343 e. The maximum atomic E-state index is 12.9. The van der Waals surface area contributed by atoms with Gasteiger partial charge in [-0.3, -0.25) is 9.79 Å². The minimum absolute atomic E-state index is 0.0113. The van der Waals surface area contributed by atoms with E-state index in [9.17, 15) is 13.2 Å². The number of aromatic nitrogens is 1. The van der Waals surface area contributed by atoms with Crippen LogP contribution in [0.25, 0.3) is 10.8 Å². The first kappa shape index (κ1) is 26.9. The van der Waals surface area contributed by atoms with Crippen molar-refractivity contribution in [1.82, 2.24) is 14.4 Å². The predicted molar refractivity (Wildman–Crippen MR) is 146 cm³/mol. The number of benzene rings is 2. The molecule has 1 fully saturated rings. The first-order chi connectivity index (χ1) is 17.1. The Morgan fingerprint density at radius 1 is 1.14 bits per heavy atom. The molecule has 3 aromatic rings. The Bertz CT molecular complexity index is 1440. The normalized spacial score (nSPS) is 15.8. The minimum atomic E-state index is -3.57. The van der Waals surface area contributed by atoms with E-state index in [0.29, 0.717) is 24.0 Å². The third kappa shape index (κ3) is 5.85. The first-order valence-corrected chi connectivity index (χ1v) is 14.9. The van der Waals surface area contributed by atoms with Gasteiger partial charge in [0.25, 0.3) is 0 Å². The summed E-state index contributed by atoms with van der Waals surface area (Å²) < 4.78 is 28.1. The van der Waals surface area contributed by atoms with Crippen molar-refractivity contribution in [3.63, 3.8) is 0 Å². The van der Waals surface area contributed by atoms with Crippen molar-refractivity contribution < 1.29 is 13.2 Å². The van der Waals surface area contributed by atoms with Crippen LogP contribution in [0.1, 0.15) is 35.8 Å². The van der Waals surface area contributed by atoms with Gasteiger partial charge in [-0.05, 0) is 62.0 Å². The molecule has 2 heterocycles. The third-order valence-corrected chi connectivity index (χ3v) is 9.92. The van der Waals surface area contributed by atoms with Gasteiger partial charge < -0.3 is 14.4 Å². The largest absolute Gasteiger partial charge is 0.343 e. The second-order valence-electron chi connectivity index (χ2n) is 9.59. The fraction of sp³-hybridized carbons (Fsp3) is 0.462. The van der Waals surface area contributed by atoms with Crippen LogP contribution in [0.4, 0.5) is 0 Å². The van der Waals surface area contributed by atoms with Crippen molar-refractivity contribution in [2.75, 3.05) is 40.0 Å². The highest BCUT2D eigenvalue weighted by atomic mass is 35.5. The standard InChI is InChI=1S/C26H33ClN4O3S2/c1-28-26-30(4)25(23(35-26)17-29(2)3)18-9-12-31(13-10-18)24(32)11-14-36(33,34)22-8-6-19-15-21(27)7-5-20(19)16-22/h5-8,15-16,18H,9-14,17H2,1-4H3. The molecule has 0 aliphatic carbocycles. The summed E-state index contributed by atoms with van der Waals surface area (Å²) in [6.45, 7) is 2.13. The molecule has 0 N–H and O–H groups in total. The quantitative estimate of drug-likeness (QED) is 0.446. The third-order valence-electron chi connectivity index (χ3n) is 6.75. The summed E-state index contributed by atoms with van der Waals surface area (Å²) >= 11 is 7.75. The van der Waals surface area contributed by atoms with Crippen LogP contribution >= 0.6 is 22.9 Å². The van der Waals surface area contributed by atoms with Crippen LogP contribution in [-0.4, -0.2) is 68.7 Å². The monoisotopic (exact) mass is 548 g/mol. The molecule has 0 saturated carbocycles. The van der Waals surface area contributed by atoms with E-state index >= 15 is 0 Å². The number of amides is 1. The summed E-state index contributed by atoms with van der Waals surface area (Å²) in [5.74, 6) is 0.0613. The Morgan fingerprint density at radius 2 is 1.81 bits per heavy atom. The molecule has 0 bridgehead atoms. The smallest absolute Gasteiger partial charge is 0.223 e. The molecule has 1 amide bonds. The summed E-state index contributed by atoms with van der Waals surface area (Å²) in [4.78, 5) is 23.9. The average molecular weight is 549 g/mol. The molecule has 0 atom stereocenters. The number of halogens is 1. The molecule has 0 unspecified atom stereocenters. The number of fused-ring (bicyclic) bond motifs is 1. The number of thiazole rings is 1. The second-order valence-corrected chi connectivity index (χ2v) is 13.2. The van der Waals surface area contributed by atoms with Crippen LogP contribution in [0.3, 0.4) is 0 Å². The molecule has 0 spiro atoms. The Kier molecular flexibility index (Phi) is 8.24. The lowest BCUT2D eigenvalue weighted by molar-refractivity contribution is -0.131. The van der Waals surface area contributed by atoms with E-state index in [-0.39, 0.29) is 23.0 Å². The van der Waals surface area contributed by atoms with Crippen LogP contribution < -0.4 is 4.80 Å². The average Bonchev–Trinajstić information content (AvgIpc) is 3.16. The van der Waals surface area contributed by atoms with Crippen molar-refractivity contribution in [2.24, 2.45) is 12.0 Å². The second kappa shape index (κ2) is 11.0. The van der Waals surface area contributed by atoms with Crippen LogP contribution in [0.2, 0.25) is 5.02 Å². The van der Waals surface area contributed by atoms with E-state index in [1.807, 2.05) is 11.9 Å². The van der Waals surface area contributed by atoms with Gasteiger partial charge in [0.2, 0.25) is 5.91 Å². The highest BCUT2D eigenvalue weighted by molar-refractivity contribution is 7.91. The molecule has 1 saturated heterocycles. The molecular weight excluding hydrogens is 516 g/mol. The lowest BCUT2D eigenvalue weighted by Gasteiger charge is -2.33. The van der Waals surface area contributed by atoms with E-state index in [1.165, 1.54) is 10.6 Å². The maximum Gasteiger partial charge on any atom is 0.223 e. The Morgan fingerprint density at radius 3 is 2.47 bits per heavy atom. The molecular formula is C26H33ClN4O3S2. The van der Waals surface area contributed by atoms with Gasteiger partial charge in [0.05, 0.1) is 10.6 Å². The zero-order chi connectivity index (χ0) is 26.0. The first-order valence-electron chi connectivity index (χ1n) is 12.0. The van der Waals surface area contributed by atoms with Gasteiger partial charge >= 0.3 is 0 Å². The summed E-state index contributed by atoms with van der Waals surface area (Å²) in [5.41, 5.74) is 1.31. The lowest BCUT2D eigenvalue weighted by Crippen LogP contribution is -2.39. The Hall–Kier alpha value is -2.20. The van der Waals surface area contributed by atoms with Gasteiger partial charge in [0.15, 0.2) is 14.6 Å². The van der Waals surface area contributed by atoms with Crippen molar-refractivity contribution in [3.05, 3.63) is 56.8 Å². The lowest BCUT2D eigenvalue weighted by atomic mass is 9.92. The van der Waals surface area contributed by atoms with Crippen LogP contribution in [-0.2, 0) is 28.2 Å². The zero-order valence-electron chi connectivity index (χ0n) is 21.2. The van der Waals surface area contributed by atoms with E-state index in [1.54, 1.807) is 47.7 Å². The summed E-state index contributed by atoms with van der Waals surface area (Å²) in [6.07, 6.45) is 1.71. The molecule has 1 aliphatic heterocycles. The van der Waals surface area contributed by atoms with Crippen molar-refractivity contribution >= 4 is 49.5 Å². The van der Waals surface area contributed by atoms with Crippen LogP contribution in [0.5, 0.6) is 0 Å². The molecule has 7 nitrogen and oxygen atoms in total. The molecule has 1 aromatic heterocycles. The number of likely N-dealkylation sites (tertiary alicyclic amines) is 1. The highest BCUT2D eigenvalue weighted by Crippen LogP contribution is 2.32. The predicted octanol–water partition coefficient (Wildman–Crippen LogP) is 4.06. The number of carbonyl (C=O) groups is 1. The number of nitrogens with zero attached hydrogens (tertiary/aromatic N) is 4. The molecule has 1 aliphatic rings. The molecule has 0 radical (unpaired) electrons. The number of hydrogen-bond donors (Lipinski definition) is 0. The molecule has 36 heavy (non-hydrogen) atoms. The van der Waals surface area contributed by atoms with E-state index in [0.717, 1.165) is 35.0 Å². The van der Waals surface area contributed by atoms with Gasteiger partial charge in [0.1, 0.15) is 0 Å². The summed E-state index contributed by atoms with van der Waals surface area (Å²) in [6, 6.07) is 10.4. The summed E-state index contributed by atoms with van der Waals surface area (Å²) in [7, 11) is 4.44. The molecule has 2 aromatic carbocycles. The topological polar surface area (TPSA) is 75.0 Å². The number of rotatable bonds is 7. The van der Waals surface area contributed by atoms with Crippen molar-refractivity contribution in [2.45, 2.75) is 36.6 Å². The van der Waals surface area contributed by atoms with E-state index < -0.39 is 9.84 Å². The Labute approximate surface area is 221 Å².